The van der Waals surface area contributed by atoms with Crippen LogP contribution in [0.4, 0.5) is 0 Å². The van der Waals surface area contributed by atoms with E-state index in [2.05, 4.69) is 41.8 Å². The van der Waals surface area contributed by atoms with Crippen molar-refractivity contribution in [2.24, 2.45) is 0 Å². The van der Waals surface area contributed by atoms with E-state index in [1.165, 1.54) is 0 Å². The Morgan fingerprint density at radius 3 is 2.56 bits per heavy atom. The van der Waals surface area contributed by atoms with Gasteiger partial charge >= 0.3 is 0 Å². The zero-order valence-corrected chi connectivity index (χ0v) is 12.8. The molecule has 0 saturated heterocycles. The van der Waals surface area contributed by atoms with Crippen molar-refractivity contribution >= 4 is 31.9 Å². The van der Waals surface area contributed by atoms with E-state index >= 15 is 0 Å². The zero-order chi connectivity index (χ0) is 13.4. The number of nitrogens with zero attached hydrogens (tertiary/aromatic N) is 1. The van der Waals surface area contributed by atoms with Crippen LogP contribution in [0.25, 0.3) is 11.6 Å². The average Bonchev–Trinajstić information content (AvgIpc) is 2.57. The Balaban J connectivity index is 2.58. The Labute approximate surface area is 120 Å². The molecule has 96 valence electrons. The number of hydrogen-bond donors (Lipinski definition) is 2. The van der Waals surface area contributed by atoms with Crippen molar-refractivity contribution in [2.75, 3.05) is 0 Å². The molecule has 2 aromatic heterocycles. The molecule has 0 aliphatic heterocycles. The number of aromatic amines is 1. The van der Waals surface area contributed by atoms with Crippen LogP contribution in [0, 0.1) is 0 Å². The predicted molar refractivity (Wildman–Crippen MR) is 73.7 cm³/mol. The van der Waals surface area contributed by atoms with Crippen LogP contribution in [0.1, 0.15) is 25.3 Å². The first-order valence-electron chi connectivity index (χ1n) is 5.18. The monoisotopic (exact) mass is 376 g/mol. The highest BCUT2D eigenvalue weighted by Gasteiger charge is 2.17. The minimum Gasteiger partial charge on any atom is -0.493 e. The summed E-state index contributed by atoms with van der Waals surface area (Å²) in [5, 5.41) is 9.78. The minimum absolute atomic E-state index is 0.106. The Morgan fingerprint density at radius 2 is 2.11 bits per heavy atom. The standard InChI is InChI=1S/C11H10Br2N2O3/c1-4(2)7-10(16)14-9(15-11(7)17)6-3-5(12)8(13)18-6/h3-4H,1-2H3,(H2,14,15,16,17). The number of furan rings is 1. The van der Waals surface area contributed by atoms with Gasteiger partial charge in [0.1, 0.15) is 0 Å². The fraction of sp³-hybridized carbons (Fsp3) is 0.273. The molecular formula is C11H10Br2N2O3. The lowest BCUT2D eigenvalue weighted by molar-refractivity contribution is 0.438. The first-order chi connectivity index (χ1) is 8.40. The molecule has 0 radical (unpaired) electrons. The summed E-state index contributed by atoms with van der Waals surface area (Å²) < 4.78 is 6.53. The third kappa shape index (κ3) is 2.37. The molecule has 2 rings (SSSR count). The van der Waals surface area contributed by atoms with Crippen LogP contribution in [0.5, 0.6) is 5.88 Å². The lowest BCUT2D eigenvalue weighted by Gasteiger charge is -2.06. The van der Waals surface area contributed by atoms with Gasteiger partial charge in [0.25, 0.3) is 5.56 Å². The fourth-order valence-corrected chi connectivity index (χ4v) is 2.15. The molecule has 2 N–H and O–H groups in total. The van der Waals surface area contributed by atoms with Crippen LogP contribution in [0.15, 0.2) is 24.4 Å². The highest BCUT2D eigenvalue weighted by molar-refractivity contribution is 9.13. The first-order valence-corrected chi connectivity index (χ1v) is 6.77. The molecule has 0 spiro atoms. The van der Waals surface area contributed by atoms with E-state index in [0.29, 0.717) is 14.9 Å². The number of aromatic nitrogens is 2. The summed E-state index contributed by atoms with van der Waals surface area (Å²) in [4.78, 5) is 18.4. The molecule has 0 fully saturated rings. The van der Waals surface area contributed by atoms with E-state index in [4.69, 9.17) is 4.42 Å². The van der Waals surface area contributed by atoms with Crippen molar-refractivity contribution in [1.82, 2.24) is 9.97 Å². The molecule has 18 heavy (non-hydrogen) atoms. The van der Waals surface area contributed by atoms with Crippen LogP contribution >= 0.6 is 31.9 Å². The maximum absolute atomic E-state index is 11.8. The van der Waals surface area contributed by atoms with Crippen LogP contribution < -0.4 is 5.56 Å². The van der Waals surface area contributed by atoms with Gasteiger partial charge in [0.2, 0.25) is 5.88 Å². The van der Waals surface area contributed by atoms with Crippen molar-refractivity contribution in [1.29, 1.82) is 0 Å². The van der Waals surface area contributed by atoms with Gasteiger partial charge in [-0.3, -0.25) is 4.79 Å². The molecule has 5 nitrogen and oxygen atoms in total. The third-order valence-electron chi connectivity index (χ3n) is 2.39. The van der Waals surface area contributed by atoms with Crippen molar-refractivity contribution in [2.45, 2.75) is 19.8 Å². The average molecular weight is 378 g/mol. The van der Waals surface area contributed by atoms with Crippen molar-refractivity contribution in [3.8, 4) is 17.5 Å². The van der Waals surface area contributed by atoms with E-state index in [-0.39, 0.29) is 28.7 Å². The van der Waals surface area contributed by atoms with Crippen LogP contribution in [-0.4, -0.2) is 15.1 Å². The number of rotatable bonds is 2. The normalized spacial score (nSPS) is 11.2. The molecule has 7 heteroatoms. The Kier molecular flexibility index (Phi) is 3.63. The molecule has 0 bridgehead atoms. The molecule has 2 aromatic rings. The van der Waals surface area contributed by atoms with Gasteiger partial charge in [0.15, 0.2) is 16.3 Å². The molecule has 0 aromatic carbocycles. The summed E-state index contributed by atoms with van der Waals surface area (Å²) in [6.45, 7) is 3.62. The number of aromatic hydroxyl groups is 1. The van der Waals surface area contributed by atoms with Gasteiger partial charge in [-0.25, -0.2) is 0 Å². The number of nitrogens with one attached hydrogen (secondary N) is 1. The molecule has 0 saturated carbocycles. The second kappa shape index (κ2) is 4.89. The van der Waals surface area contributed by atoms with Gasteiger partial charge in [-0.05, 0) is 37.8 Å². The van der Waals surface area contributed by atoms with Gasteiger partial charge in [-0.15, -0.1) is 0 Å². The van der Waals surface area contributed by atoms with Crippen LogP contribution in [0.3, 0.4) is 0 Å². The minimum atomic E-state index is -0.365. The second-order valence-electron chi connectivity index (χ2n) is 4.04. The number of halogens is 2. The van der Waals surface area contributed by atoms with Gasteiger partial charge in [0.05, 0.1) is 10.0 Å². The summed E-state index contributed by atoms with van der Waals surface area (Å²) >= 11 is 6.46. The molecule has 2 heterocycles. The van der Waals surface area contributed by atoms with E-state index in [1.807, 2.05) is 13.8 Å². The zero-order valence-electron chi connectivity index (χ0n) is 9.62. The summed E-state index contributed by atoms with van der Waals surface area (Å²) in [7, 11) is 0. The fourth-order valence-electron chi connectivity index (χ4n) is 1.57. The molecular weight excluding hydrogens is 368 g/mol. The van der Waals surface area contributed by atoms with Crippen LogP contribution in [0.2, 0.25) is 0 Å². The van der Waals surface area contributed by atoms with E-state index in [9.17, 15) is 9.90 Å². The lowest BCUT2D eigenvalue weighted by Crippen LogP contribution is -2.16. The van der Waals surface area contributed by atoms with Gasteiger partial charge < -0.3 is 14.5 Å². The maximum atomic E-state index is 11.8. The van der Waals surface area contributed by atoms with Crippen molar-refractivity contribution in [3.63, 3.8) is 0 Å². The van der Waals surface area contributed by atoms with Crippen molar-refractivity contribution in [3.05, 3.63) is 31.1 Å². The summed E-state index contributed by atoms with van der Waals surface area (Å²) in [6.07, 6.45) is 0. The molecule has 0 amide bonds. The largest absolute Gasteiger partial charge is 0.493 e. The first kappa shape index (κ1) is 13.4. The SMILES string of the molecule is CC(C)c1c(O)nc(-c2cc(Br)c(Br)o2)[nH]c1=O. The van der Waals surface area contributed by atoms with Gasteiger partial charge in [0, 0.05) is 6.07 Å². The maximum Gasteiger partial charge on any atom is 0.258 e. The van der Waals surface area contributed by atoms with E-state index < -0.39 is 0 Å². The predicted octanol–water partition coefficient (Wildman–Crippen LogP) is 3.38. The summed E-state index contributed by atoms with van der Waals surface area (Å²) in [5.74, 6) is 0.169. The van der Waals surface area contributed by atoms with Gasteiger partial charge in [-0.2, -0.15) is 4.98 Å². The quantitative estimate of drug-likeness (QED) is 0.840. The second-order valence-corrected chi connectivity index (χ2v) is 5.61. The highest BCUT2D eigenvalue weighted by Crippen LogP contribution is 2.31. The topological polar surface area (TPSA) is 79.1 Å². The molecule has 0 aliphatic carbocycles. The molecule has 0 unspecified atom stereocenters. The lowest BCUT2D eigenvalue weighted by atomic mass is 10.1. The number of hydrogen-bond acceptors (Lipinski definition) is 4. The Hall–Kier alpha value is -1.08. The Morgan fingerprint density at radius 1 is 1.44 bits per heavy atom. The van der Waals surface area contributed by atoms with Gasteiger partial charge in [-0.1, -0.05) is 13.8 Å². The third-order valence-corrected chi connectivity index (χ3v) is 4.10. The summed E-state index contributed by atoms with van der Waals surface area (Å²) in [6, 6.07) is 1.65. The van der Waals surface area contributed by atoms with E-state index in [0.717, 1.165) is 0 Å². The smallest absolute Gasteiger partial charge is 0.258 e. The molecule has 0 aliphatic rings. The highest BCUT2D eigenvalue weighted by atomic mass is 79.9. The summed E-state index contributed by atoms with van der Waals surface area (Å²) in [5.41, 5.74) is -0.0976. The van der Waals surface area contributed by atoms with Crippen molar-refractivity contribution < 1.29 is 9.52 Å². The molecule has 0 atom stereocenters. The number of H-pyrrole nitrogens is 1. The van der Waals surface area contributed by atoms with E-state index in [1.54, 1.807) is 6.07 Å². The Bertz CT molecular complexity index is 627. The van der Waals surface area contributed by atoms with Crippen LogP contribution in [-0.2, 0) is 0 Å².